The number of allylic oxidation sites excluding steroid dienone is 1. The third kappa shape index (κ3) is 6.55. The lowest BCUT2D eigenvalue weighted by Gasteiger charge is -2.27. The Hall–Kier alpha value is -2.41. The molecular weight excluding hydrogens is 451 g/mol. The van der Waals surface area contributed by atoms with E-state index >= 15 is 0 Å². The first kappa shape index (κ1) is 24.2. The Morgan fingerprint density at radius 2 is 1.66 bits per heavy atom. The van der Waals surface area contributed by atoms with E-state index in [1.54, 1.807) is 32.4 Å². The molecule has 2 aromatic rings. The first-order valence-corrected chi connectivity index (χ1v) is 11.2. The number of amides is 1. The van der Waals surface area contributed by atoms with Gasteiger partial charge in [-0.3, -0.25) is 10.2 Å². The molecule has 0 spiro atoms. The number of nitrogens with zero attached hydrogens (tertiary/aromatic N) is 1. The SMILES string of the molecule is CN1CCC2CCC(OC(=O)Nc3cc(Cl)cc(Cl)c3)=CC21.COc1ccccc1OC. The second-order valence-electron chi connectivity index (χ2n) is 7.72. The molecular formula is C24H28Cl2N2O4. The van der Waals surface area contributed by atoms with Gasteiger partial charge in [0.05, 0.1) is 14.2 Å². The number of carbonyl (C=O) groups is 1. The highest BCUT2D eigenvalue weighted by Gasteiger charge is 2.33. The second-order valence-corrected chi connectivity index (χ2v) is 8.59. The minimum absolute atomic E-state index is 0.386. The van der Waals surface area contributed by atoms with Crippen LogP contribution in [0.15, 0.2) is 54.3 Å². The largest absolute Gasteiger partial charge is 0.493 e. The van der Waals surface area contributed by atoms with Crippen molar-refractivity contribution in [3.63, 3.8) is 0 Å². The van der Waals surface area contributed by atoms with Gasteiger partial charge in [0.25, 0.3) is 0 Å². The fourth-order valence-electron chi connectivity index (χ4n) is 3.99. The Bertz CT molecular complexity index is 924. The molecule has 8 heteroatoms. The number of para-hydroxylation sites is 2. The first-order chi connectivity index (χ1) is 15.4. The van der Waals surface area contributed by atoms with Gasteiger partial charge in [0.15, 0.2) is 11.5 Å². The first-order valence-electron chi connectivity index (χ1n) is 10.4. The minimum atomic E-state index is -0.510. The van der Waals surface area contributed by atoms with Crippen LogP contribution in [0.1, 0.15) is 19.3 Å². The number of likely N-dealkylation sites (tertiary alicyclic amines) is 1. The van der Waals surface area contributed by atoms with Crippen molar-refractivity contribution in [1.82, 2.24) is 4.90 Å². The Morgan fingerprint density at radius 3 is 2.25 bits per heavy atom. The summed E-state index contributed by atoms with van der Waals surface area (Å²) in [6.45, 7) is 1.10. The Kier molecular flexibility index (Phi) is 8.67. The van der Waals surface area contributed by atoms with E-state index in [1.807, 2.05) is 24.3 Å². The molecule has 0 radical (unpaired) electrons. The molecule has 1 aliphatic carbocycles. The van der Waals surface area contributed by atoms with E-state index < -0.39 is 6.09 Å². The predicted octanol–water partition coefficient (Wildman–Crippen LogP) is 6.24. The van der Waals surface area contributed by atoms with E-state index in [1.165, 1.54) is 6.42 Å². The van der Waals surface area contributed by atoms with Gasteiger partial charge in [0.1, 0.15) is 5.76 Å². The summed E-state index contributed by atoms with van der Waals surface area (Å²) in [7, 11) is 5.36. The number of anilines is 1. The van der Waals surface area contributed by atoms with Crippen molar-refractivity contribution in [2.75, 3.05) is 33.1 Å². The van der Waals surface area contributed by atoms with Crippen LogP contribution in [0.5, 0.6) is 11.5 Å². The number of halogens is 2. The molecule has 2 aromatic carbocycles. The molecule has 0 bridgehead atoms. The van der Waals surface area contributed by atoms with Crippen LogP contribution in [-0.4, -0.2) is 44.8 Å². The van der Waals surface area contributed by atoms with E-state index in [0.717, 1.165) is 36.6 Å². The Balaban J connectivity index is 0.000000243. The molecule has 1 N–H and O–H groups in total. The highest BCUT2D eigenvalue weighted by atomic mass is 35.5. The molecule has 0 saturated carbocycles. The zero-order valence-corrected chi connectivity index (χ0v) is 19.9. The number of hydrogen-bond acceptors (Lipinski definition) is 5. The van der Waals surface area contributed by atoms with Crippen molar-refractivity contribution in [1.29, 1.82) is 0 Å². The number of carbonyl (C=O) groups excluding carboxylic acids is 1. The Labute approximate surface area is 199 Å². The number of ether oxygens (including phenoxy) is 3. The zero-order chi connectivity index (χ0) is 23.1. The predicted molar refractivity (Wildman–Crippen MR) is 128 cm³/mol. The number of fused-ring (bicyclic) bond motifs is 1. The van der Waals surface area contributed by atoms with Crippen LogP contribution in [0.4, 0.5) is 10.5 Å². The molecule has 1 fully saturated rings. The molecule has 4 rings (SSSR count). The highest BCUT2D eigenvalue weighted by molar-refractivity contribution is 6.35. The summed E-state index contributed by atoms with van der Waals surface area (Å²) < 4.78 is 15.5. The fraction of sp³-hybridized carbons (Fsp3) is 0.375. The van der Waals surface area contributed by atoms with Gasteiger partial charge in [-0.25, -0.2) is 4.79 Å². The maximum Gasteiger partial charge on any atom is 0.416 e. The number of likely N-dealkylation sites (N-methyl/N-ethyl adjacent to an activating group) is 1. The van der Waals surface area contributed by atoms with Gasteiger partial charge in [-0.2, -0.15) is 0 Å². The van der Waals surface area contributed by atoms with Crippen LogP contribution in [0, 0.1) is 5.92 Å². The van der Waals surface area contributed by atoms with Gasteiger partial charge >= 0.3 is 6.09 Å². The molecule has 172 valence electrons. The molecule has 1 aliphatic heterocycles. The maximum absolute atomic E-state index is 12.0. The third-order valence-corrected chi connectivity index (χ3v) is 6.02. The average Bonchev–Trinajstić information content (AvgIpc) is 3.13. The molecule has 2 aliphatic rings. The number of rotatable bonds is 4. The monoisotopic (exact) mass is 478 g/mol. The number of nitrogens with one attached hydrogen (secondary N) is 1. The van der Waals surface area contributed by atoms with Crippen LogP contribution in [-0.2, 0) is 4.74 Å². The molecule has 1 amide bonds. The smallest absolute Gasteiger partial charge is 0.416 e. The van der Waals surface area contributed by atoms with Crippen molar-refractivity contribution in [3.05, 3.63) is 64.3 Å². The van der Waals surface area contributed by atoms with E-state index in [4.69, 9.17) is 37.4 Å². The third-order valence-electron chi connectivity index (χ3n) is 5.58. The lowest BCUT2D eigenvalue weighted by molar-refractivity contribution is 0.179. The summed E-state index contributed by atoms with van der Waals surface area (Å²) in [5.41, 5.74) is 0.523. The minimum Gasteiger partial charge on any atom is -0.493 e. The summed E-state index contributed by atoms with van der Waals surface area (Å²) in [5, 5.41) is 3.59. The van der Waals surface area contributed by atoms with Crippen LogP contribution in [0.3, 0.4) is 0 Å². The van der Waals surface area contributed by atoms with E-state index in [9.17, 15) is 4.79 Å². The zero-order valence-electron chi connectivity index (χ0n) is 18.4. The van der Waals surface area contributed by atoms with Gasteiger partial charge in [0.2, 0.25) is 0 Å². The number of methoxy groups -OCH3 is 2. The van der Waals surface area contributed by atoms with Gasteiger partial charge in [-0.1, -0.05) is 35.3 Å². The summed E-state index contributed by atoms with van der Waals surface area (Å²) in [6.07, 6.45) is 4.66. The van der Waals surface area contributed by atoms with Crippen LogP contribution in [0.25, 0.3) is 0 Å². The van der Waals surface area contributed by atoms with Gasteiger partial charge < -0.3 is 14.2 Å². The number of hydrogen-bond donors (Lipinski definition) is 1. The summed E-state index contributed by atoms with van der Waals surface area (Å²) in [4.78, 5) is 14.3. The fourth-order valence-corrected chi connectivity index (χ4v) is 4.52. The topological polar surface area (TPSA) is 60.0 Å². The van der Waals surface area contributed by atoms with Crippen molar-refractivity contribution < 1.29 is 19.0 Å². The van der Waals surface area contributed by atoms with Crippen LogP contribution >= 0.6 is 23.2 Å². The summed E-state index contributed by atoms with van der Waals surface area (Å²) >= 11 is 11.8. The highest BCUT2D eigenvalue weighted by Crippen LogP contribution is 2.34. The summed E-state index contributed by atoms with van der Waals surface area (Å²) in [5.74, 6) is 2.96. The molecule has 2 atom stereocenters. The van der Waals surface area contributed by atoms with Crippen molar-refractivity contribution >= 4 is 35.0 Å². The lowest BCUT2D eigenvalue weighted by Crippen LogP contribution is -2.30. The standard InChI is InChI=1S/C16H18Cl2N2O2.C8H10O2/c1-20-5-4-10-2-3-14(9-15(10)20)22-16(21)19-13-7-11(17)6-12(18)8-13;1-9-7-5-3-4-6-8(7)10-2/h6-10,15H,2-5H2,1H3,(H,19,21);3-6H,1-2H3. The van der Waals surface area contributed by atoms with Crippen molar-refractivity contribution in [2.24, 2.45) is 5.92 Å². The van der Waals surface area contributed by atoms with Gasteiger partial charge in [0, 0.05) is 28.2 Å². The summed E-state index contributed by atoms with van der Waals surface area (Å²) in [6, 6.07) is 12.8. The second kappa shape index (κ2) is 11.5. The Morgan fingerprint density at radius 1 is 1.03 bits per heavy atom. The van der Waals surface area contributed by atoms with Crippen molar-refractivity contribution in [2.45, 2.75) is 25.3 Å². The van der Waals surface area contributed by atoms with E-state index in [-0.39, 0.29) is 0 Å². The van der Waals surface area contributed by atoms with Crippen molar-refractivity contribution in [3.8, 4) is 11.5 Å². The molecule has 2 unspecified atom stereocenters. The van der Waals surface area contributed by atoms with Gasteiger partial charge in [-0.05, 0) is 68.8 Å². The van der Waals surface area contributed by atoms with E-state index in [2.05, 4.69) is 23.3 Å². The average molecular weight is 479 g/mol. The molecule has 6 nitrogen and oxygen atoms in total. The normalized spacial score (nSPS) is 19.7. The molecule has 1 saturated heterocycles. The molecule has 0 aromatic heterocycles. The quantitative estimate of drug-likeness (QED) is 0.562. The maximum atomic E-state index is 12.0. The van der Waals surface area contributed by atoms with Gasteiger partial charge in [-0.15, -0.1) is 0 Å². The molecule has 32 heavy (non-hydrogen) atoms. The molecule has 1 heterocycles. The number of benzene rings is 2. The van der Waals surface area contributed by atoms with Crippen LogP contribution < -0.4 is 14.8 Å². The lowest BCUT2D eigenvalue weighted by atomic mass is 9.89. The van der Waals surface area contributed by atoms with E-state index in [0.29, 0.717) is 27.7 Å². The van der Waals surface area contributed by atoms with Crippen LogP contribution in [0.2, 0.25) is 10.0 Å².